The minimum Gasteiger partial charge on any atom is -0.396 e. The molecule has 2 amide bonds. The minimum atomic E-state index is -0.721. The van der Waals surface area contributed by atoms with Gasteiger partial charge in [-0.3, -0.25) is 9.59 Å². The van der Waals surface area contributed by atoms with Gasteiger partial charge in [0.15, 0.2) is 0 Å². The lowest BCUT2D eigenvalue weighted by Gasteiger charge is -2.21. The molecule has 0 unspecified atom stereocenters. The quantitative estimate of drug-likeness (QED) is 0.555. The number of benzene rings is 1. The van der Waals surface area contributed by atoms with Crippen molar-refractivity contribution in [3.8, 4) is 0 Å². The number of carbonyl (C=O) groups excluding carboxylic acids is 2. The molecule has 22 heavy (non-hydrogen) atoms. The first-order valence-electron chi connectivity index (χ1n) is 7.21. The maximum absolute atomic E-state index is 11.7. The fourth-order valence-electron chi connectivity index (χ4n) is 1.79. The van der Waals surface area contributed by atoms with Gasteiger partial charge >= 0.3 is 11.8 Å². The third-order valence-electron chi connectivity index (χ3n) is 3.38. The predicted molar refractivity (Wildman–Crippen MR) is 87.9 cm³/mol. The number of rotatable bonds is 6. The van der Waals surface area contributed by atoms with Crippen molar-refractivity contribution in [3.63, 3.8) is 0 Å². The van der Waals surface area contributed by atoms with Crippen LogP contribution in [0.15, 0.2) is 18.2 Å². The summed E-state index contributed by atoms with van der Waals surface area (Å²) in [5.74, 6) is -1.40. The summed E-state index contributed by atoms with van der Waals surface area (Å²) in [6.07, 6.45) is 1.46. The average molecular weight is 327 g/mol. The molecular weight excluding hydrogens is 304 g/mol. The highest BCUT2D eigenvalue weighted by molar-refractivity contribution is 6.39. The van der Waals surface area contributed by atoms with E-state index in [9.17, 15) is 9.59 Å². The zero-order valence-corrected chi connectivity index (χ0v) is 14.0. The van der Waals surface area contributed by atoms with Crippen LogP contribution in [0.2, 0.25) is 5.02 Å². The molecule has 0 aliphatic carbocycles. The van der Waals surface area contributed by atoms with E-state index < -0.39 is 11.8 Å². The SMILES string of the molecule is Cc1ccc(NC(=O)C(=O)NCCCC(C)(C)CO)cc1Cl. The fourth-order valence-corrected chi connectivity index (χ4v) is 1.97. The first kappa shape index (κ1) is 18.5. The summed E-state index contributed by atoms with van der Waals surface area (Å²) in [7, 11) is 0. The number of anilines is 1. The number of halogens is 1. The number of amides is 2. The van der Waals surface area contributed by atoms with Crippen molar-refractivity contribution >= 4 is 29.1 Å². The third kappa shape index (κ3) is 6.03. The molecule has 0 fully saturated rings. The second kappa shape index (κ2) is 8.15. The van der Waals surface area contributed by atoms with Crippen molar-refractivity contribution in [2.75, 3.05) is 18.5 Å². The molecule has 0 saturated carbocycles. The van der Waals surface area contributed by atoms with E-state index in [2.05, 4.69) is 10.6 Å². The van der Waals surface area contributed by atoms with Crippen LogP contribution in [-0.4, -0.2) is 30.1 Å². The Morgan fingerprint density at radius 2 is 1.95 bits per heavy atom. The Labute approximate surface area is 136 Å². The van der Waals surface area contributed by atoms with Crippen LogP contribution in [0.25, 0.3) is 0 Å². The van der Waals surface area contributed by atoms with Crippen LogP contribution in [0.3, 0.4) is 0 Å². The molecule has 5 nitrogen and oxygen atoms in total. The summed E-state index contributed by atoms with van der Waals surface area (Å²) >= 11 is 5.96. The number of aliphatic hydroxyl groups excluding tert-OH is 1. The van der Waals surface area contributed by atoms with Crippen LogP contribution >= 0.6 is 11.6 Å². The fraction of sp³-hybridized carbons (Fsp3) is 0.500. The highest BCUT2D eigenvalue weighted by Crippen LogP contribution is 2.21. The molecule has 1 aromatic rings. The van der Waals surface area contributed by atoms with E-state index >= 15 is 0 Å². The topological polar surface area (TPSA) is 78.4 Å². The molecule has 0 atom stereocenters. The zero-order chi connectivity index (χ0) is 16.8. The molecule has 0 saturated heterocycles. The van der Waals surface area contributed by atoms with Crippen molar-refractivity contribution < 1.29 is 14.7 Å². The van der Waals surface area contributed by atoms with E-state index in [4.69, 9.17) is 16.7 Å². The number of aliphatic hydroxyl groups is 1. The van der Waals surface area contributed by atoms with Gasteiger partial charge in [0, 0.05) is 23.9 Å². The number of aryl methyl sites for hydroxylation is 1. The highest BCUT2D eigenvalue weighted by atomic mass is 35.5. The van der Waals surface area contributed by atoms with E-state index in [-0.39, 0.29) is 12.0 Å². The van der Waals surface area contributed by atoms with Gasteiger partial charge in [0.1, 0.15) is 0 Å². The van der Waals surface area contributed by atoms with Crippen molar-refractivity contribution in [2.24, 2.45) is 5.41 Å². The number of carbonyl (C=O) groups is 2. The summed E-state index contributed by atoms with van der Waals surface area (Å²) in [5.41, 5.74) is 1.21. The molecule has 0 aliphatic rings. The summed E-state index contributed by atoms with van der Waals surface area (Å²) in [4.78, 5) is 23.4. The Bertz CT molecular complexity index is 544. The van der Waals surface area contributed by atoms with Crippen molar-refractivity contribution in [1.29, 1.82) is 0 Å². The molecule has 3 N–H and O–H groups in total. The van der Waals surface area contributed by atoms with E-state index in [1.165, 1.54) is 0 Å². The Kier molecular flexibility index (Phi) is 6.84. The Balaban J connectivity index is 2.39. The van der Waals surface area contributed by atoms with Crippen LogP contribution < -0.4 is 10.6 Å². The Morgan fingerprint density at radius 3 is 2.55 bits per heavy atom. The van der Waals surface area contributed by atoms with Crippen molar-refractivity contribution in [3.05, 3.63) is 28.8 Å². The van der Waals surface area contributed by atoms with Crippen LogP contribution in [0, 0.1) is 12.3 Å². The molecule has 0 bridgehead atoms. The van der Waals surface area contributed by atoms with Gasteiger partial charge in [-0.25, -0.2) is 0 Å². The van der Waals surface area contributed by atoms with E-state index in [0.717, 1.165) is 12.0 Å². The summed E-state index contributed by atoms with van der Waals surface area (Å²) in [6, 6.07) is 5.06. The largest absolute Gasteiger partial charge is 0.396 e. The van der Waals surface area contributed by atoms with Gasteiger partial charge < -0.3 is 15.7 Å². The molecule has 0 aromatic heterocycles. The normalized spacial score (nSPS) is 11.1. The van der Waals surface area contributed by atoms with Crippen LogP contribution in [0.5, 0.6) is 0 Å². The van der Waals surface area contributed by atoms with Crippen molar-refractivity contribution in [2.45, 2.75) is 33.6 Å². The smallest absolute Gasteiger partial charge is 0.313 e. The van der Waals surface area contributed by atoms with Crippen LogP contribution in [0.1, 0.15) is 32.3 Å². The average Bonchev–Trinajstić information content (AvgIpc) is 2.47. The standard InChI is InChI=1S/C16H23ClN2O3/c1-11-5-6-12(9-13(11)17)19-15(22)14(21)18-8-4-7-16(2,3)10-20/h5-6,9,20H,4,7-8,10H2,1-3H3,(H,18,21)(H,19,22). The number of hydrogen-bond donors (Lipinski definition) is 3. The third-order valence-corrected chi connectivity index (χ3v) is 3.79. The number of hydrogen-bond acceptors (Lipinski definition) is 3. The Morgan fingerprint density at radius 1 is 1.27 bits per heavy atom. The molecule has 122 valence electrons. The van der Waals surface area contributed by atoms with Gasteiger partial charge in [0.25, 0.3) is 0 Å². The second-order valence-corrected chi connectivity index (χ2v) is 6.51. The molecular formula is C16H23ClN2O3. The molecule has 0 aliphatic heterocycles. The van der Waals surface area contributed by atoms with Gasteiger partial charge in [0.2, 0.25) is 0 Å². The number of nitrogens with one attached hydrogen (secondary N) is 2. The van der Waals surface area contributed by atoms with E-state index in [1.54, 1.807) is 18.2 Å². The molecule has 0 radical (unpaired) electrons. The molecule has 6 heteroatoms. The van der Waals surface area contributed by atoms with Crippen LogP contribution in [-0.2, 0) is 9.59 Å². The van der Waals surface area contributed by atoms with Crippen molar-refractivity contribution in [1.82, 2.24) is 5.32 Å². The van der Waals surface area contributed by atoms with Gasteiger partial charge in [-0.05, 0) is 42.9 Å². The first-order chi connectivity index (χ1) is 10.2. The molecule has 1 rings (SSSR count). The monoisotopic (exact) mass is 326 g/mol. The first-order valence-corrected chi connectivity index (χ1v) is 7.59. The predicted octanol–water partition coefficient (Wildman–Crippen LogP) is 2.50. The maximum atomic E-state index is 11.7. The van der Waals surface area contributed by atoms with Gasteiger partial charge in [0.05, 0.1) is 0 Å². The van der Waals surface area contributed by atoms with Gasteiger partial charge in [-0.2, -0.15) is 0 Å². The Hall–Kier alpha value is -1.59. The molecule has 0 spiro atoms. The maximum Gasteiger partial charge on any atom is 0.313 e. The summed E-state index contributed by atoms with van der Waals surface area (Å²) < 4.78 is 0. The van der Waals surface area contributed by atoms with Gasteiger partial charge in [-0.15, -0.1) is 0 Å². The second-order valence-electron chi connectivity index (χ2n) is 6.10. The molecule has 1 aromatic carbocycles. The lowest BCUT2D eigenvalue weighted by molar-refractivity contribution is -0.136. The lowest BCUT2D eigenvalue weighted by Crippen LogP contribution is -2.36. The summed E-state index contributed by atoms with van der Waals surface area (Å²) in [6.45, 7) is 6.24. The summed E-state index contributed by atoms with van der Waals surface area (Å²) in [5, 5.41) is 14.7. The lowest BCUT2D eigenvalue weighted by atomic mass is 9.89. The highest BCUT2D eigenvalue weighted by Gasteiger charge is 2.17. The zero-order valence-electron chi connectivity index (χ0n) is 13.2. The van der Waals surface area contributed by atoms with E-state index in [1.807, 2.05) is 20.8 Å². The van der Waals surface area contributed by atoms with E-state index in [0.29, 0.717) is 23.7 Å². The van der Waals surface area contributed by atoms with Crippen LogP contribution in [0.4, 0.5) is 5.69 Å². The molecule has 0 heterocycles. The minimum absolute atomic E-state index is 0.0929. The van der Waals surface area contributed by atoms with Gasteiger partial charge in [-0.1, -0.05) is 31.5 Å².